The predicted molar refractivity (Wildman–Crippen MR) is 80.6 cm³/mol. The zero-order chi connectivity index (χ0) is 15.6. The minimum atomic E-state index is -3.84. The van der Waals surface area contributed by atoms with Gasteiger partial charge < -0.3 is 5.73 Å². The summed E-state index contributed by atoms with van der Waals surface area (Å²) in [5.74, 6) is 0.326. The molecule has 3 atom stereocenters. The molecule has 0 saturated heterocycles. The molecule has 1 aromatic rings. The Bertz CT molecular complexity index is 604. The fourth-order valence-electron chi connectivity index (χ4n) is 2.82. The van der Waals surface area contributed by atoms with Crippen LogP contribution in [0.3, 0.4) is 0 Å². The maximum Gasteiger partial charge on any atom is 0.243 e. The van der Waals surface area contributed by atoms with Gasteiger partial charge in [0.1, 0.15) is 10.7 Å². The number of sulfonamides is 1. The maximum atomic E-state index is 13.8. The topological polar surface area (TPSA) is 72.2 Å². The fourth-order valence-corrected chi connectivity index (χ4v) is 4.23. The summed E-state index contributed by atoms with van der Waals surface area (Å²) in [4.78, 5) is -0.309. The van der Waals surface area contributed by atoms with Gasteiger partial charge >= 0.3 is 0 Å². The second-order valence-corrected chi connectivity index (χ2v) is 7.74. The van der Waals surface area contributed by atoms with Crippen LogP contribution in [0.2, 0.25) is 0 Å². The van der Waals surface area contributed by atoms with E-state index < -0.39 is 15.8 Å². The van der Waals surface area contributed by atoms with Gasteiger partial charge in [-0.1, -0.05) is 19.9 Å². The van der Waals surface area contributed by atoms with E-state index >= 15 is 0 Å². The van der Waals surface area contributed by atoms with Crippen LogP contribution in [-0.4, -0.2) is 14.5 Å². The highest BCUT2D eigenvalue weighted by Gasteiger charge is 2.29. The Balaban J connectivity index is 2.19. The van der Waals surface area contributed by atoms with Crippen molar-refractivity contribution >= 4 is 10.0 Å². The fraction of sp³-hybridized carbons (Fsp3) is 0.600. The molecule has 1 saturated carbocycles. The van der Waals surface area contributed by atoms with E-state index in [0.717, 1.165) is 25.3 Å². The molecule has 0 bridgehead atoms. The van der Waals surface area contributed by atoms with Gasteiger partial charge in [0.15, 0.2) is 0 Å². The van der Waals surface area contributed by atoms with E-state index in [1.165, 1.54) is 12.1 Å². The number of benzene rings is 1. The monoisotopic (exact) mass is 314 g/mol. The van der Waals surface area contributed by atoms with Crippen molar-refractivity contribution < 1.29 is 12.8 Å². The highest BCUT2D eigenvalue weighted by atomic mass is 32.2. The molecular formula is C15H23FN2O2S. The average molecular weight is 314 g/mol. The van der Waals surface area contributed by atoms with Crippen molar-refractivity contribution in [3.05, 3.63) is 29.6 Å². The molecule has 6 heteroatoms. The Morgan fingerprint density at radius 2 is 2.00 bits per heavy atom. The lowest BCUT2D eigenvalue weighted by atomic mass is 9.79. The maximum absolute atomic E-state index is 13.8. The first-order chi connectivity index (χ1) is 9.83. The molecular weight excluding hydrogens is 291 g/mol. The number of nitrogens with one attached hydrogen (secondary N) is 1. The Morgan fingerprint density at radius 3 is 2.62 bits per heavy atom. The highest BCUT2D eigenvalue weighted by molar-refractivity contribution is 7.89. The lowest BCUT2D eigenvalue weighted by Gasteiger charge is -2.32. The number of hydrogen-bond acceptors (Lipinski definition) is 3. The van der Waals surface area contributed by atoms with E-state index in [0.29, 0.717) is 17.4 Å². The minimum Gasteiger partial charge on any atom is -0.326 e. The van der Waals surface area contributed by atoms with Gasteiger partial charge in [-0.25, -0.2) is 17.5 Å². The zero-order valence-electron chi connectivity index (χ0n) is 12.5. The molecule has 0 aliphatic heterocycles. The van der Waals surface area contributed by atoms with Gasteiger partial charge in [-0.2, -0.15) is 0 Å². The molecule has 2 rings (SSSR count). The van der Waals surface area contributed by atoms with Gasteiger partial charge in [0.25, 0.3) is 0 Å². The summed E-state index contributed by atoms with van der Waals surface area (Å²) in [6, 6.07) is 3.84. The molecule has 1 fully saturated rings. The van der Waals surface area contributed by atoms with E-state index in [9.17, 15) is 12.8 Å². The van der Waals surface area contributed by atoms with Crippen LogP contribution in [0.15, 0.2) is 23.1 Å². The van der Waals surface area contributed by atoms with Crippen molar-refractivity contribution in [3.8, 4) is 0 Å². The summed E-state index contributed by atoms with van der Waals surface area (Å²) < 4.78 is 41.3. The Kier molecular flexibility index (Phi) is 5.01. The summed E-state index contributed by atoms with van der Waals surface area (Å²) in [7, 11) is -3.84. The summed E-state index contributed by atoms with van der Waals surface area (Å²) in [6.07, 6.45) is 2.57. The van der Waals surface area contributed by atoms with Crippen LogP contribution >= 0.6 is 0 Å². The summed E-state index contributed by atoms with van der Waals surface area (Å²) in [5, 5.41) is 0. The molecule has 1 aliphatic carbocycles. The van der Waals surface area contributed by atoms with Crippen molar-refractivity contribution in [1.82, 2.24) is 4.72 Å². The third-order valence-corrected chi connectivity index (χ3v) is 5.98. The lowest BCUT2D eigenvalue weighted by molar-refractivity contribution is 0.241. The van der Waals surface area contributed by atoms with Gasteiger partial charge in [0.2, 0.25) is 10.0 Å². The van der Waals surface area contributed by atoms with Gasteiger partial charge in [0.05, 0.1) is 0 Å². The van der Waals surface area contributed by atoms with Gasteiger partial charge in [-0.3, -0.25) is 0 Å². The van der Waals surface area contributed by atoms with E-state index in [1.54, 1.807) is 0 Å². The first-order valence-corrected chi connectivity index (χ1v) is 8.82. The third kappa shape index (κ3) is 3.81. The summed E-state index contributed by atoms with van der Waals surface area (Å²) in [5.41, 5.74) is 6.09. The van der Waals surface area contributed by atoms with Crippen molar-refractivity contribution in [2.24, 2.45) is 17.6 Å². The SMILES string of the molecule is CC1CCC(NS(=O)(=O)c2cc(CN)ccc2F)CC1C. The van der Waals surface area contributed by atoms with E-state index in [2.05, 4.69) is 18.6 Å². The van der Waals surface area contributed by atoms with Crippen LogP contribution in [-0.2, 0) is 16.6 Å². The van der Waals surface area contributed by atoms with Crippen LogP contribution < -0.4 is 10.5 Å². The van der Waals surface area contributed by atoms with Crippen LogP contribution in [0, 0.1) is 17.7 Å². The Labute approximate surface area is 126 Å². The molecule has 3 N–H and O–H groups in total. The first-order valence-electron chi connectivity index (χ1n) is 7.34. The Hall–Kier alpha value is -0.980. The molecule has 0 aromatic heterocycles. The molecule has 21 heavy (non-hydrogen) atoms. The van der Waals surface area contributed by atoms with Crippen LogP contribution in [0.1, 0.15) is 38.7 Å². The van der Waals surface area contributed by atoms with E-state index in [1.807, 2.05) is 0 Å². The molecule has 0 heterocycles. The standard InChI is InChI=1S/C15H23FN2O2S/c1-10-3-5-13(7-11(10)2)18-21(19,20)15-8-12(9-17)4-6-14(15)16/h4,6,8,10-11,13,18H,3,5,7,9,17H2,1-2H3. The highest BCUT2D eigenvalue weighted by Crippen LogP contribution is 2.30. The molecule has 0 amide bonds. The van der Waals surface area contributed by atoms with Gasteiger partial charge in [0, 0.05) is 12.6 Å². The largest absolute Gasteiger partial charge is 0.326 e. The smallest absolute Gasteiger partial charge is 0.243 e. The van der Waals surface area contributed by atoms with Crippen molar-refractivity contribution in [2.45, 2.75) is 50.6 Å². The second-order valence-electron chi connectivity index (χ2n) is 6.05. The van der Waals surface area contributed by atoms with E-state index in [4.69, 9.17) is 5.73 Å². The molecule has 1 aliphatic rings. The number of hydrogen-bond donors (Lipinski definition) is 2. The minimum absolute atomic E-state index is 0.123. The van der Waals surface area contributed by atoms with Crippen LogP contribution in [0.5, 0.6) is 0 Å². The van der Waals surface area contributed by atoms with Crippen LogP contribution in [0.4, 0.5) is 4.39 Å². The summed E-state index contributed by atoms with van der Waals surface area (Å²) >= 11 is 0. The predicted octanol–water partition coefficient (Wildman–Crippen LogP) is 2.39. The van der Waals surface area contributed by atoms with Crippen molar-refractivity contribution in [2.75, 3.05) is 0 Å². The summed E-state index contributed by atoms with van der Waals surface area (Å²) in [6.45, 7) is 4.49. The molecule has 4 nitrogen and oxygen atoms in total. The number of nitrogens with two attached hydrogens (primary N) is 1. The lowest BCUT2D eigenvalue weighted by Crippen LogP contribution is -2.40. The van der Waals surface area contributed by atoms with Crippen LogP contribution in [0.25, 0.3) is 0 Å². The third-order valence-electron chi connectivity index (χ3n) is 4.44. The molecule has 0 spiro atoms. The quantitative estimate of drug-likeness (QED) is 0.896. The Morgan fingerprint density at radius 1 is 1.29 bits per heavy atom. The molecule has 1 aromatic carbocycles. The van der Waals surface area contributed by atoms with Gasteiger partial charge in [-0.05, 0) is 48.8 Å². The van der Waals surface area contributed by atoms with Gasteiger partial charge in [-0.15, -0.1) is 0 Å². The van der Waals surface area contributed by atoms with E-state index in [-0.39, 0.29) is 17.5 Å². The molecule has 118 valence electrons. The van der Waals surface area contributed by atoms with Crippen molar-refractivity contribution in [1.29, 1.82) is 0 Å². The zero-order valence-corrected chi connectivity index (χ0v) is 13.3. The number of halogens is 1. The molecule has 3 unspecified atom stereocenters. The molecule has 0 radical (unpaired) electrons. The van der Waals surface area contributed by atoms with Crippen molar-refractivity contribution in [3.63, 3.8) is 0 Å². The average Bonchev–Trinajstić information content (AvgIpc) is 2.43. The first kappa shape index (κ1) is 16.4. The number of rotatable bonds is 4. The normalized spacial score (nSPS) is 26.8. The second kappa shape index (κ2) is 6.42.